The Bertz CT molecular complexity index is 947. The van der Waals surface area contributed by atoms with Crippen molar-refractivity contribution in [1.82, 2.24) is 10.9 Å². The Balaban J connectivity index is 1.49. The zero-order chi connectivity index (χ0) is 24.8. The van der Waals surface area contributed by atoms with E-state index in [0.29, 0.717) is 34.0 Å². The molecule has 0 aliphatic heterocycles. The number of hydrogen-bond acceptors (Lipinski definition) is 6. The molecule has 0 unspecified atom stereocenters. The van der Waals surface area contributed by atoms with Crippen LogP contribution >= 0.6 is 23.2 Å². The van der Waals surface area contributed by atoms with Gasteiger partial charge in [-0.15, -0.1) is 0 Å². The number of phenolic OH excluding ortho intramolecular Hbond substituents is 2. The molecule has 0 spiro atoms. The highest BCUT2D eigenvalue weighted by Gasteiger charge is 2.03. The summed E-state index contributed by atoms with van der Waals surface area (Å²) < 4.78 is 0. The Kier molecular flexibility index (Phi) is 11.9. The first-order valence-electron chi connectivity index (χ1n) is 11.0. The van der Waals surface area contributed by atoms with E-state index in [4.69, 9.17) is 23.2 Å². The number of hydrogen-bond donors (Lipinski definition) is 4. The van der Waals surface area contributed by atoms with Gasteiger partial charge in [-0.05, 0) is 49.2 Å². The smallest absolute Gasteiger partial charge is 0.240 e. The van der Waals surface area contributed by atoms with Crippen LogP contribution in [0.25, 0.3) is 0 Å². The molecule has 2 aromatic carbocycles. The lowest BCUT2D eigenvalue weighted by atomic mass is 10.1. The van der Waals surface area contributed by atoms with E-state index in [1.807, 2.05) is 0 Å². The van der Waals surface area contributed by atoms with Gasteiger partial charge in [0, 0.05) is 34.0 Å². The van der Waals surface area contributed by atoms with Crippen molar-refractivity contribution in [3.05, 3.63) is 57.6 Å². The van der Waals surface area contributed by atoms with Gasteiger partial charge in [0.2, 0.25) is 11.8 Å². The Morgan fingerprint density at radius 3 is 1.50 bits per heavy atom. The lowest BCUT2D eigenvalue weighted by Gasteiger charge is -2.03. The van der Waals surface area contributed by atoms with E-state index < -0.39 is 0 Å². The van der Waals surface area contributed by atoms with Crippen molar-refractivity contribution in [2.45, 2.75) is 51.4 Å². The molecular weight excluding hydrogens is 479 g/mol. The van der Waals surface area contributed by atoms with Gasteiger partial charge in [-0.1, -0.05) is 48.9 Å². The maximum Gasteiger partial charge on any atom is 0.240 e. The quantitative estimate of drug-likeness (QED) is 0.171. The van der Waals surface area contributed by atoms with Gasteiger partial charge < -0.3 is 10.2 Å². The minimum absolute atomic E-state index is 0.0328. The largest absolute Gasteiger partial charge is 0.507 e. The van der Waals surface area contributed by atoms with E-state index in [-0.39, 0.29) is 23.3 Å². The first kappa shape index (κ1) is 27.1. The molecule has 4 N–H and O–H groups in total. The van der Waals surface area contributed by atoms with Crippen LogP contribution in [0.4, 0.5) is 0 Å². The molecule has 182 valence electrons. The van der Waals surface area contributed by atoms with Crippen molar-refractivity contribution in [1.29, 1.82) is 0 Å². The second kappa shape index (κ2) is 14.9. The highest BCUT2D eigenvalue weighted by Crippen LogP contribution is 2.20. The zero-order valence-corrected chi connectivity index (χ0v) is 20.1. The monoisotopic (exact) mass is 506 g/mol. The molecule has 2 amide bonds. The van der Waals surface area contributed by atoms with Crippen LogP contribution < -0.4 is 10.9 Å². The molecule has 8 nitrogen and oxygen atoms in total. The third-order valence-corrected chi connectivity index (χ3v) is 5.29. The molecule has 0 bridgehead atoms. The summed E-state index contributed by atoms with van der Waals surface area (Å²) in [4.78, 5) is 23.6. The fraction of sp³-hybridized carbons (Fsp3) is 0.333. The molecule has 0 radical (unpaired) electrons. The van der Waals surface area contributed by atoms with Gasteiger partial charge in [-0.2, -0.15) is 10.2 Å². The number of carbonyl (C=O) groups is 2. The highest BCUT2D eigenvalue weighted by molar-refractivity contribution is 6.31. The van der Waals surface area contributed by atoms with Crippen LogP contribution in [0.15, 0.2) is 46.6 Å². The predicted molar refractivity (Wildman–Crippen MR) is 135 cm³/mol. The zero-order valence-electron chi connectivity index (χ0n) is 18.6. The van der Waals surface area contributed by atoms with Crippen LogP contribution in [0, 0.1) is 0 Å². The number of amides is 2. The van der Waals surface area contributed by atoms with E-state index in [1.54, 1.807) is 24.3 Å². The third kappa shape index (κ3) is 10.7. The molecule has 0 saturated carbocycles. The van der Waals surface area contributed by atoms with Crippen molar-refractivity contribution in [3.63, 3.8) is 0 Å². The lowest BCUT2D eigenvalue weighted by Crippen LogP contribution is -2.17. The summed E-state index contributed by atoms with van der Waals surface area (Å²) in [6.07, 6.45) is 8.68. The molecule has 0 heterocycles. The van der Waals surface area contributed by atoms with Gasteiger partial charge in [0.05, 0.1) is 12.4 Å². The number of nitrogens with one attached hydrogen (secondary N) is 2. The topological polar surface area (TPSA) is 123 Å². The Morgan fingerprint density at radius 1 is 0.706 bits per heavy atom. The second-order valence-corrected chi connectivity index (χ2v) is 8.49. The minimum atomic E-state index is -0.193. The van der Waals surface area contributed by atoms with E-state index >= 15 is 0 Å². The fourth-order valence-electron chi connectivity index (χ4n) is 3.00. The van der Waals surface area contributed by atoms with Gasteiger partial charge in [-0.25, -0.2) is 10.9 Å². The third-order valence-electron chi connectivity index (χ3n) is 4.82. The molecule has 34 heavy (non-hydrogen) atoms. The van der Waals surface area contributed by atoms with Gasteiger partial charge in [0.25, 0.3) is 0 Å². The number of rotatable bonds is 13. The molecule has 0 aliphatic rings. The number of halogens is 2. The molecule has 2 rings (SSSR count). The van der Waals surface area contributed by atoms with E-state index in [0.717, 1.165) is 38.5 Å². The van der Waals surface area contributed by atoms with Crippen LogP contribution in [0.5, 0.6) is 11.5 Å². The van der Waals surface area contributed by atoms with Crippen LogP contribution in [0.2, 0.25) is 10.0 Å². The van der Waals surface area contributed by atoms with Crippen molar-refractivity contribution < 1.29 is 19.8 Å². The van der Waals surface area contributed by atoms with E-state index in [1.165, 1.54) is 24.6 Å². The molecular formula is C24H28Cl2N4O4. The molecule has 2 aromatic rings. The number of nitrogens with zero attached hydrogens (tertiary/aromatic N) is 2. The summed E-state index contributed by atoms with van der Waals surface area (Å²) in [7, 11) is 0. The van der Waals surface area contributed by atoms with Crippen molar-refractivity contribution >= 4 is 47.4 Å². The number of hydrazone groups is 2. The summed E-state index contributed by atoms with van der Waals surface area (Å²) in [5.41, 5.74) is 5.72. The summed E-state index contributed by atoms with van der Waals surface area (Å²) in [6, 6.07) is 9.15. The average Bonchev–Trinajstić information content (AvgIpc) is 2.80. The van der Waals surface area contributed by atoms with Crippen LogP contribution in [0.3, 0.4) is 0 Å². The predicted octanol–water partition coefficient (Wildman–Crippen LogP) is 5.13. The number of benzene rings is 2. The first-order valence-corrected chi connectivity index (χ1v) is 11.7. The first-order chi connectivity index (χ1) is 16.3. The van der Waals surface area contributed by atoms with Crippen LogP contribution in [-0.4, -0.2) is 34.5 Å². The Morgan fingerprint density at radius 2 is 1.09 bits per heavy atom. The van der Waals surface area contributed by atoms with E-state index in [2.05, 4.69) is 21.1 Å². The molecule has 10 heteroatoms. The molecule has 0 fully saturated rings. The van der Waals surface area contributed by atoms with E-state index in [9.17, 15) is 19.8 Å². The summed E-state index contributed by atoms with van der Waals surface area (Å²) in [6.45, 7) is 0. The van der Waals surface area contributed by atoms with Crippen molar-refractivity contribution in [2.24, 2.45) is 10.2 Å². The Hall–Kier alpha value is -3.10. The van der Waals surface area contributed by atoms with Crippen molar-refractivity contribution in [2.75, 3.05) is 0 Å². The maximum atomic E-state index is 11.8. The number of unbranched alkanes of at least 4 members (excludes halogenated alkanes) is 5. The Labute approximate surface area is 208 Å². The number of carbonyl (C=O) groups excluding carboxylic acids is 2. The number of aromatic hydroxyl groups is 2. The highest BCUT2D eigenvalue weighted by atomic mass is 35.5. The van der Waals surface area contributed by atoms with Gasteiger partial charge >= 0.3 is 0 Å². The van der Waals surface area contributed by atoms with Gasteiger partial charge in [-0.3, -0.25) is 9.59 Å². The molecule has 0 aromatic heterocycles. The second-order valence-electron chi connectivity index (χ2n) is 7.61. The standard InChI is InChI=1S/C24H28Cl2N4O4/c25-19-9-11-21(31)17(13-19)15-27-29-23(33)7-5-3-1-2-4-6-8-24(34)30-28-16-18-14-20(26)10-12-22(18)32/h9-16,31-32H,1-8H2,(H,29,33)(H,30,34). The maximum absolute atomic E-state index is 11.8. The SMILES string of the molecule is O=C(CCCCCCCCC(=O)NN=Cc1cc(Cl)ccc1O)NN=Cc1cc(Cl)ccc1O. The van der Waals surface area contributed by atoms with Gasteiger partial charge in [0.15, 0.2) is 0 Å². The average molecular weight is 507 g/mol. The summed E-state index contributed by atoms with van der Waals surface area (Å²) >= 11 is 11.7. The fourth-order valence-corrected chi connectivity index (χ4v) is 3.36. The minimum Gasteiger partial charge on any atom is -0.507 e. The summed E-state index contributed by atoms with van der Waals surface area (Å²) in [5, 5.41) is 28.0. The van der Waals surface area contributed by atoms with Crippen molar-refractivity contribution in [3.8, 4) is 11.5 Å². The van der Waals surface area contributed by atoms with Gasteiger partial charge in [0.1, 0.15) is 11.5 Å². The van der Waals surface area contributed by atoms with Crippen LogP contribution in [0.1, 0.15) is 62.5 Å². The normalized spacial score (nSPS) is 11.2. The molecule has 0 saturated heterocycles. The molecule has 0 aliphatic carbocycles. The summed E-state index contributed by atoms with van der Waals surface area (Å²) in [5.74, 6) is -0.321. The molecule has 0 atom stereocenters. The van der Waals surface area contributed by atoms with Crippen LogP contribution in [-0.2, 0) is 9.59 Å². The lowest BCUT2D eigenvalue weighted by molar-refractivity contribution is -0.122. The number of phenols is 2.